The standard InChI is InChI=1S/C8H19NO4/c1-2-9(7(3-10)4-11)8(5-12)6-13/h7-8,10-13H,2-6H2,1H3. The normalized spacial score (nSPS) is 12.0. The average Bonchev–Trinajstić information content (AvgIpc) is 2.18. The Kier molecular flexibility index (Phi) is 7.12. The number of likely N-dealkylation sites (N-methyl/N-ethyl adjacent to an activating group) is 1. The summed E-state index contributed by atoms with van der Waals surface area (Å²) in [6.45, 7) is 1.69. The molecule has 0 amide bonds. The molecule has 0 bridgehead atoms. The first-order chi connectivity index (χ1) is 6.24. The van der Waals surface area contributed by atoms with E-state index in [-0.39, 0.29) is 26.4 Å². The van der Waals surface area contributed by atoms with Crippen LogP contribution in [0.1, 0.15) is 6.92 Å². The molecule has 0 saturated heterocycles. The van der Waals surface area contributed by atoms with Crippen molar-refractivity contribution in [3.05, 3.63) is 0 Å². The van der Waals surface area contributed by atoms with E-state index in [1.165, 1.54) is 0 Å². The highest BCUT2D eigenvalue weighted by Gasteiger charge is 2.22. The van der Waals surface area contributed by atoms with Crippen molar-refractivity contribution in [1.29, 1.82) is 0 Å². The van der Waals surface area contributed by atoms with Crippen molar-refractivity contribution in [1.82, 2.24) is 4.90 Å². The highest BCUT2D eigenvalue weighted by Crippen LogP contribution is 2.04. The molecule has 0 rings (SSSR count). The SMILES string of the molecule is CCN(C(CO)CO)C(CO)CO. The lowest BCUT2D eigenvalue weighted by atomic mass is 10.2. The zero-order valence-corrected chi connectivity index (χ0v) is 7.93. The van der Waals surface area contributed by atoms with Gasteiger partial charge in [-0.05, 0) is 6.54 Å². The summed E-state index contributed by atoms with van der Waals surface area (Å²) in [6, 6.07) is -0.816. The minimum atomic E-state index is -0.408. The van der Waals surface area contributed by atoms with Crippen LogP contribution in [0.5, 0.6) is 0 Å². The van der Waals surface area contributed by atoms with Crippen LogP contribution < -0.4 is 0 Å². The maximum Gasteiger partial charge on any atom is 0.0609 e. The molecule has 5 heteroatoms. The molecule has 0 heterocycles. The first-order valence-electron chi connectivity index (χ1n) is 4.44. The molecular formula is C8H19NO4. The van der Waals surface area contributed by atoms with Gasteiger partial charge in [0.15, 0.2) is 0 Å². The van der Waals surface area contributed by atoms with Crippen LogP contribution in [-0.4, -0.2) is 70.4 Å². The monoisotopic (exact) mass is 193 g/mol. The largest absolute Gasteiger partial charge is 0.395 e. The third kappa shape index (κ3) is 3.58. The topological polar surface area (TPSA) is 84.2 Å². The van der Waals surface area contributed by atoms with Crippen molar-refractivity contribution in [2.24, 2.45) is 0 Å². The predicted molar refractivity (Wildman–Crippen MR) is 48.3 cm³/mol. The smallest absolute Gasteiger partial charge is 0.0609 e. The van der Waals surface area contributed by atoms with E-state index >= 15 is 0 Å². The molecule has 0 aliphatic heterocycles. The Bertz CT molecular complexity index is 103. The quantitative estimate of drug-likeness (QED) is 0.376. The molecule has 0 saturated carbocycles. The second kappa shape index (κ2) is 7.23. The van der Waals surface area contributed by atoms with Crippen LogP contribution in [0, 0.1) is 0 Å². The van der Waals surface area contributed by atoms with E-state index in [9.17, 15) is 0 Å². The van der Waals surface area contributed by atoms with Gasteiger partial charge in [0.2, 0.25) is 0 Å². The summed E-state index contributed by atoms with van der Waals surface area (Å²) in [5.41, 5.74) is 0. The zero-order valence-electron chi connectivity index (χ0n) is 7.93. The first-order valence-corrected chi connectivity index (χ1v) is 4.44. The lowest BCUT2D eigenvalue weighted by molar-refractivity contribution is 0.00521. The maximum atomic E-state index is 8.90. The van der Waals surface area contributed by atoms with Gasteiger partial charge in [-0.2, -0.15) is 0 Å². The first kappa shape index (κ1) is 12.8. The van der Waals surface area contributed by atoms with Crippen LogP contribution in [0.25, 0.3) is 0 Å². The van der Waals surface area contributed by atoms with Gasteiger partial charge in [0.1, 0.15) is 0 Å². The molecule has 0 aromatic heterocycles. The number of aliphatic hydroxyl groups is 4. The highest BCUT2D eigenvalue weighted by molar-refractivity contribution is 4.76. The van der Waals surface area contributed by atoms with Crippen molar-refractivity contribution in [2.45, 2.75) is 19.0 Å². The van der Waals surface area contributed by atoms with Gasteiger partial charge in [0, 0.05) is 0 Å². The van der Waals surface area contributed by atoms with E-state index in [2.05, 4.69) is 0 Å². The van der Waals surface area contributed by atoms with E-state index in [0.717, 1.165) is 0 Å². The molecular weight excluding hydrogens is 174 g/mol. The summed E-state index contributed by atoms with van der Waals surface area (Å²) in [7, 11) is 0. The van der Waals surface area contributed by atoms with Gasteiger partial charge in [-0.3, -0.25) is 4.90 Å². The second-order valence-corrected chi connectivity index (χ2v) is 2.87. The summed E-state index contributed by atoms with van der Waals surface area (Å²) in [5.74, 6) is 0. The second-order valence-electron chi connectivity index (χ2n) is 2.87. The van der Waals surface area contributed by atoms with Gasteiger partial charge in [-0.15, -0.1) is 0 Å². The number of hydrogen-bond donors (Lipinski definition) is 4. The number of aliphatic hydroxyl groups excluding tert-OH is 4. The van der Waals surface area contributed by atoms with E-state index < -0.39 is 12.1 Å². The Morgan fingerprint density at radius 1 is 0.846 bits per heavy atom. The van der Waals surface area contributed by atoms with Crippen LogP contribution >= 0.6 is 0 Å². The van der Waals surface area contributed by atoms with Crippen LogP contribution in [-0.2, 0) is 0 Å². The molecule has 0 spiro atoms. The third-order valence-corrected chi connectivity index (χ3v) is 2.15. The fraction of sp³-hybridized carbons (Fsp3) is 1.00. The van der Waals surface area contributed by atoms with Gasteiger partial charge >= 0.3 is 0 Å². The summed E-state index contributed by atoms with van der Waals surface area (Å²) < 4.78 is 0. The van der Waals surface area contributed by atoms with Gasteiger partial charge < -0.3 is 20.4 Å². The average molecular weight is 193 g/mol. The molecule has 0 fully saturated rings. The fourth-order valence-electron chi connectivity index (χ4n) is 1.35. The van der Waals surface area contributed by atoms with E-state index in [0.29, 0.717) is 6.54 Å². The molecule has 0 unspecified atom stereocenters. The van der Waals surface area contributed by atoms with E-state index in [1.54, 1.807) is 4.90 Å². The molecule has 0 aromatic rings. The Morgan fingerprint density at radius 2 is 1.15 bits per heavy atom. The maximum absolute atomic E-state index is 8.90. The number of nitrogens with zero attached hydrogens (tertiary/aromatic N) is 1. The molecule has 0 aliphatic rings. The van der Waals surface area contributed by atoms with Crippen LogP contribution in [0.3, 0.4) is 0 Å². The van der Waals surface area contributed by atoms with Gasteiger partial charge in [0.05, 0.1) is 38.5 Å². The Morgan fingerprint density at radius 3 is 1.31 bits per heavy atom. The Balaban J connectivity index is 4.26. The summed E-state index contributed by atoms with van der Waals surface area (Å²) in [4.78, 5) is 1.68. The van der Waals surface area contributed by atoms with Crippen molar-refractivity contribution in [3.63, 3.8) is 0 Å². The van der Waals surface area contributed by atoms with Gasteiger partial charge in [0.25, 0.3) is 0 Å². The van der Waals surface area contributed by atoms with Crippen LogP contribution in [0.15, 0.2) is 0 Å². The van der Waals surface area contributed by atoms with E-state index in [1.807, 2.05) is 6.92 Å². The summed E-state index contributed by atoms with van der Waals surface area (Å²) in [6.07, 6.45) is 0. The van der Waals surface area contributed by atoms with Gasteiger partial charge in [-0.25, -0.2) is 0 Å². The minimum absolute atomic E-state index is 0.180. The fourth-order valence-corrected chi connectivity index (χ4v) is 1.35. The molecule has 13 heavy (non-hydrogen) atoms. The van der Waals surface area contributed by atoms with Crippen molar-refractivity contribution < 1.29 is 20.4 Å². The summed E-state index contributed by atoms with van der Waals surface area (Å²) >= 11 is 0. The molecule has 0 atom stereocenters. The molecule has 5 nitrogen and oxygen atoms in total. The third-order valence-electron chi connectivity index (χ3n) is 2.15. The highest BCUT2D eigenvalue weighted by atomic mass is 16.3. The number of hydrogen-bond acceptors (Lipinski definition) is 5. The molecule has 80 valence electrons. The zero-order chi connectivity index (χ0) is 10.3. The lowest BCUT2D eigenvalue weighted by Gasteiger charge is -2.33. The molecule has 4 N–H and O–H groups in total. The molecule has 0 aromatic carbocycles. The predicted octanol–water partition coefficient (Wildman–Crippen LogP) is -1.99. The lowest BCUT2D eigenvalue weighted by Crippen LogP contribution is -2.50. The Hall–Kier alpha value is -0.200. The van der Waals surface area contributed by atoms with Crippen LogP contribution in [0.2, 0.25) is 0 Å². The number of rotatable bonds is 7. The van der Waals surface area contributed by atoms with Crippen molar-refractivity contribution >= 4 is 0 Å². The Labute approximate surface area is 78.2 Å². The van der Waals surface area contributed by atoms with E-state index in [4.69, 9.17) is 20.4 Å². The van der Waals surface area contributed by atoms with Crippen molar-refractivity contribution in [2.75, 3.05) is 33.0 Å². The van der Waals surface area contributed by atoms with Crippen molar-refractivity contribution in [3.8, 4) is 0 Å². The summed E-state index contributed by atoms with van der Waals surface area (Å²) in [5, 5.41) is 35.6. The minimum Gasteiger partial charge on any atom is -0.395 e. The molecule has 0 radical (unpaired) electrons. The van der Waals surface area contributed by atoms with Crippen LogP contribution in [0.4, 0.5) is 0 Å². The molecule has 0 aliphatic carbocycles. The van der Waals surface area contributed by atoms with Gasteiger partial charge in [-0.1, -0.05) is 6.92 Å².